The maximum Gasteiger partial charge on any atom is 0.303 e. The molecule has 3 aromatic carbocycles. The van der Waals surface area contributed by atoms with Gasteiger partial charge in [-0.2, -0.15) is 0 Å². The molecule has 12 nitrogen and oxygen atoms in total. The molecule has 12 heteroatoms. The first-order valence-corrected chi connectivity index (χ1v) is 15.8. The molecule has 1 N–H and O–H groups in total. The summed E-state index contributed by atoms with van der Waals surface area (Å²) in [6.07, 6.45) is -9.33. The van der Waals surface area contributed by atoms with Crippen molar-refractivity contribution in [3.05, 3.63) is 96.1 Å². The molecule has 5 rings (SSSR count). The highest BCUT2D eigenvalue weighted by Gasteiger charge is 2.52. The van der Waals surface area contributed by atoms with E-state index in [9.17, 15) is 14.7 Å². The molecule has 0 unspecified atom stereocenters. The van der Waals surface area contributed by atoms with Gasteiger partial charge in [0.1, 0.15) is 35.9 Å². The summed E-state index contributed by atoms with van der Waals surface area (Å²) in [5, 5.41) is 11.4. The van der Waals surface area contributed by atoms with E-state index in [1.165, 1.54) is 13.8 Å². The van der Waals surface area contributed by atoms with Crippen LogP contribution in [-0.2, 0) is 56.0 Å². The van der Waals surface area contributed by atoms with Crippen molar-refractivity contribution in [1.29, 1.82) is 0 Å². The highest BCUT2D eigenvalue weighted by molar-refractivity contribution is 5.67. The zero-order chi connectivity index (χ0) is 34.0. The van der Waals surface area contributed by atoms with Crippen molar-refractivity contribution in [2.24, 2.45) is 0 Å². The van der Waals surface area contributed by atoms with Crippen LogP contribution in [0.25, 0.3) is 0 Å². The lowest BCUT2D eigenvalue weighted by Gasteiger charge is -2.47. The Balaban J connectivity index is 1.46. The van der Waals surface area contributed by atoms with Gasteiger partial charge in [0, 0.05) is 13.8 Å². The van der Waals surface area contributed by atoms with Crippen LogP contribution >= 0.6 is 0 Å². The number of benzene rings is 3. The summed E-state index contributed by atoms with van der Waals surface area (Å²) < 4.78 is 54.2. The molecule has 0 aliphatic carbocycles. The van der Waals surface area contributed by atoms with Crippen molar-refractivity contribution in [2.45, 2.75) is 89.3 Å². The number of esters is 2. The molecule has 258 valence electrons. The molecule has 2 aliphatic heterocycles. The number of hydrogen-bond donors (Lipinski definition) is 1. The standard InChI is InChI=1S/C36H42O12/c1-22-31(41-19-25-11-7-5-8-12-25)33(48-35-30(39)32(46-24(3)38)29(21-43-35)45-23(2)37)34(42-20-26-13-9-6-10-14-26)36(44-22)47-28-17-15-27(40-4)16-18-28/h5-18,22,29-36,39H,19-21H2,1-4H3/t22-,29-,30-,31-,32+,33+,34-,35+,36-/m1/s1. The minimum Gasteiger partial charge on any atom is -0.497 e. The number of ether oxygens (including phenoxy) is 9. The van der Waals surface area contributed by atoms with Crippen LogP contribution < -0.4 is 9.47 Å². The highest BCUT2D eigenvalue weighted by Crippen LogP contribution is 2.34. The van der Waals surface area contributed by atoms with Gasteiger partial charge < -0.3 is 47.7 Å². The number of methoxy groups -OCH3 is 1. The number of carbonyl (C=O) groups is 2. The second-order valence-corrected chi connectivity index (χ2v) is 11.5. The predicted molar refractivity (Wildman–Crippen MR) is 170 cm³/mol. The lowest BCUT2D eigenvalue weighted by Crippen LogP contribution is -2.64. The molecule has 0 radical (unpaired) electrons. The molecule has 3 aromatic rings. The Morgan fingerprint density at radius 3 is 1.85 bits per heavy atom. The Labute approximate surface area is 279 Å². The fourth-order valence-electron chi connectivity index (χ4n) is 5.63. The fraction of sp³-hybridized carbons (Fsp3) is 0.444. The summed E-state index contributed by atoms with van der Waals surface area (Å²) >= 11 is 0. The van der Waals surface area contributed by atoms with Crippen LogP contribution in [0.3, 0.4) is 0 Å². The third-order valence-electron chi connectivity index (χ3n) is 7.93. The number of aliphatic hydroxyl groups is 1. The lowest BCUT2D eigenvalue weighted by molar-refractivity contribution is -0.347. The Bertz CT molecular complexity index is 1440. The monoisotopic (exact) mass is 666 g/mol. The zero-order valence-corrected chi connectivity index (χ0v) is 27.3. The molecule has 0 aromatic heterocycles. The first-order chi connectivity index (χ1) is 23.2. The molecular formula is C36H42O12. The Morgan fingerprint density at radius 2 is 1.29 bits per heavy atom. The van der Waals surface area contributed by atoms with Crippen molar-refractivity contribution < 1.29 is 57.3 Å². The Kier molecular flexibility index (Phi) is 12.4. The average molecular weight is 667 g/mol. The minimum absolute atomic E-state index is 0.176. The molecule has 2 aliphatic rings. The van der Waals surface area contributed by atoms with Gasteiger partial charge in [0.25, 0.3) is 0 Å². The van der Waals surface area contributed by atoms with Gasteiger partial charge in [0.2, 0.25) is 6.29 Å². The Morgan fingerprint density at radius 1 is 0.729 bits per heavy atom. The van der Waals surface area contributed by atoms with Crippen LogP contribution in [0.4, 0.5) is 0 Å². The van der Waals surface area contributed by atoms with Crippen molar-refractivity contribution in [2.75, 3.05) is 13.7 Å². The van der Waals surface area contributed by atoms with E-state index in [1.54, 1.807) is 31.4 Å². The van der Waals surface area contributed by atoms with Crippen molar-refractivity contribution in [1.82, 2.24) is 0 Å². The lowest BCUT2D eigenvalue weighted by atomic mass is 9.97. The molecule has 9 atom stereocenters. The molecule has 0 amide bonds. The maximum atomic E-state index is 12.0. The quantitative estimate of drug-likeness (QED) is 0.265. The van der Waals surface area contributed by atoms with Crippen LogP contribution in [0.5, 0.6) is 11.5 Å². The van der Waals surface area contributed by atoms with Gasteiger partial charge in [-0.25, -0.2) is 0 Å². The minimum atomic E-state index is -1.53. The van der Waals surface area contributed by atoms with Crippen molar-refractivity contribution in [3.8, 4) is 11.5 Å². The van der Waals surface area contributed by atoms with Gasteiger partial charge in [-0.15, -0.1) is 0 Å². The normalized spacial score (nSPS) is 28.6. The van der Waals surface area contributed by atoms with E-state index in [-0.39, 0.29) is 19.8 Å². The summed E-state index contributed by atoms with van der Waals surface area (Å²) in [6.45, 7) is 4.46. The van der Waals surface area contributed by atoms with E-state index < -0.39 is 67.2 Å². The van der Waals surface area contributed by atoms with Gasteiger partial charge >= 0.3 is 11.9 Å². The number of aliphatic hydroxyl groups excluding tert-OH is 1. The van der Waals surface area contributed by atoms with E-state index in [0.717, 1.165) is 11.1 Å². The van der Waals surface area contributed by atoms with E-state index in [4.69, 9.17) is 42.6 Å². The molecule has 48 heavy (non-hydrogen) atoms. The summed E-state index contributed by atoms with van der Waals surface area (Å²) in [7, 11) is 1.58. The van der Waals surface area contributed by atoms with Crippen LogP contribution in [0.2, 0.25) is 0 Å². The third kappa shape index (κ3) is 9.31. The van der Waals surface area contributed by atoms with Crippen molar-refractivity contribution in [3.63, 3.8) is 0 Å². The first kappa shape index (κ1) is 35.3. The van der Waals surface area contributed by atoms with E-state index in [2.05, 4.69) is 0 Å². The summed E-state index contributed by atoms with van der Waals surface area (Å²) in [5.74, 6) is -0.132. The molecule has 2 heterocycles. The molecule has 2 saturated heterocycles. The van der Waals surface area contributed by atoms with E-state index >= 15 is 0 Å². The van der Waals surface area contributed by atoms with Crippen LogP contribution in [0, 0.1) is 0 Å². The number of rotatable bonds is 13. The third-order valence-corrected chi connectivity index (χ3v) is 7.93. The summed E-state index contributed by atoms with van der Waals surface area (Å²) in [4.78, 5) is 23.8. The van der Waals surface area contributed by atoms with Gasteiger partial charge in [0.05, 0.1) is 33.0 Å². The molecule has 0 spiro atoms. The van der Waals surface area contributed by atoms with Crippen LogP contribution in [0.15, 0.2) is 84.9 Å². The first-order valence-electron chi connectivity index (χ1n) is 15.8. The molecule has 2 fully saturated rings. The summed E-state index contributed by atoms with van der Waals surface area (Å²) in [6, 6.07) is 26.2. The van der Waals surface area contributed by atoms with Crippen molar-refractivity contribution >= 4 is 11.9 Å². The topological polar surface area (TPSA) is 137 Å². The largest absolute Gasteiger partial charge is 0.497 e. The molecular weight excluding hydrogens is 624 g/mol. The van der Waals surface area contributed by atoms with Gasteiger partial charge in [0.15, 0.2) is 18.5 Å². The fourth-order valence-corrected chi connectivity index (χ4v) is 5.63. The smallest absolute Gasteiger partial charge is 0.303 e. The SMILES string of the molecule is COc1ccc(O[C@H]2O[C@H](C)[C@@H](OCc3ccccc3)[C@H](O[C@@H]3OC[C@@H](OC(C)=O)[C@H](OC(C)=O)[C@H]3O)[C@H]2OCc2ccccc2)cc1. The van der Waals surface area contributed by atoms with Gasteiger partial charge in [-0.1, -0.05) is 60.7 Å². The van der Waals surface area contributed by atoms with E-state index in [0.29, 0.717) is 11.5 Å². The second-order valence-electron chi connectivity index (χ2n) is 11.5. The van der Waals surface area contributed by atoms with E-state index in [1.807, 2.05) is 67.6 Å². The maximum absolute atomic E-state index is 12.0. The average Bonchev–Trinajstić information content (AvgIpc) is 3.08. The highest BCUT2D eigenvalue weighted by atomic mass is 16.7. The number of hydrogen-bond acceptors (Lipinski definition) is 12. The zero-order valence-electron chi connectivity index (χ0n) is 27.3. The Hall–Kier alpha value is -4.04. The van der Waals surface area contributed by atoms with Crippen LogP contribution in [0.1, 0.15) is 31.9 Å². The number of carbonyl (C=O) groups excluding carboxylic acids is 2. The van der Waals surface area contributed by atoms with Gasteiger partial charge in [-0.3, -0.25) is 9.59 Å². The predicted octanol–water partition coefficient (Wildman–Crippen LogP) is 3.96. The van der Waals surface area contributed by atoms with Gasteiger partial charge in [-0.05, 0) is 42.3 Å². The molecule has 0 bridgehead atoms. The second kappa shape index (κ2) is 16.9. The summed E-state index contributed by atoms with van der Waals surface area (Å²) in [5.41, 5.74) is 1.82. The molecule has 0 saturated carbocycles. The van der Waals surface area contributed by atoms with Crippen LogP contribution in [-0.4, -0.2) is 86.1 Å².